The van der Waals surface area contributed by atoms with Crippen molar-refractivity contribution in [2.45, 2.75) is 26.7 Å². The van der Waals surface area contributed by atoms with E-state index in [1.54, 1.807) is 0 Å². The third-order valence-corrected chi connectivity index (χ3v) is 7.84. The lowest BCUT2D eigenvalue weighted by molar-refractivity contribution is -0.114. The van der Waals surface area contributed by atoms with Crippen LogP contribution in [0.15, 0.2) is 87.9 Å². The second-order valence-corrected chi connectivity index (χ2v) is 10.4. The highest BCUT2D eigenvalue weighted by Crippen LogP contribution is 2.42. The maximum absolute atomic E-state index is 13.4. The van der Waals surface area contributed by atoms with E-state index in [1.807, 2.05) is 86.8 Å². The highest BCUT2D eigenvalue weighted by molar-refractivity contribution is 8.03. The molecule has 2 amide bonds. The first-order chi connectivity index (χ1) is 17.4. The van der Waals surface area contributed by atoms with Gasteiger partial charge in [-0.1, -0.05) is 42.1 Å². The minimum atomic E-state index is -0.523. The fraction of sp³-hybridized carbons (Fsp3) is 0.179. The van der Waals surface area contributed by atoms with E-state index in [9.17, 15) is 14.9 Å². The third-order valence-electron chi connectivity index (χ3n) is 5.89. The highest BCUT2D eigenvalue weighted by atomic mass is 32.2. The Hall–Kier alpha value is -3.80. The van der Waals surface area contributed by atoms with Gasteiger partial charge in [-0.25, -0.2) is 0 Å². The summed E-state index contributed by atoms with van der Waals surface area (Å²) in [7, 11) is 0. The number of anilines is 2. The highest BCUT2D eigenvalue weighted by Gasteiger charge is 2.35. The summed E-state index contributed by atoms with van der Waals surface area (Å²) in [5.41, 5.74) is 5.24. The van der Waals surface area contributed by atoms with Gasteiger partial charge in [0.2, 0.25) is 5.91 Å². The summed E-state index contributed by atoms with van der Waals surface area (Å²) in [6.45, 7) is 5.85. The molecule has 0 spiro atoms. The Morgan fingerprint density at radius 2 is 1.78 bits per heavy atom. The average Bonchev–Trinajstić information content (AvgIpc) is 3.40. The lowest BCUT2D eigenvalue weighted by Gasteiger charge is -2.29. The van der Waals surface area contributed by atoms with Gasteiger partial charge in [0.15, 0.2) is 0 Å². The Kier molecular flexibility index (Phi) is 7.93. The monoisotopic (exact) mass is 514 g/mol. The van der Waals surface area contributed by atoms with Crippen molar-refractivity contribution < 1.29 is 9.59 Å². The first kappa shape index (κ1) is 25.3. The number of amides is 2. The normalized spacial score (nSPS) is 15.2. The fourth-order valence-electron chi connectivity index (χ4n) is 3.94. The van der Waals surface area contributed by atoms with Crippen LogP contribution < -0.4 is 16.0 Å². The molecule has 2 heterocycles. The number of para-hydroxylation sites is 1. The van der Waals surface area contributed by atoms with Crippen molar-refractivity contribution in [1.82, 2.24) is 5.32 Å². The van der Waals surface area contributed by atoms with Crippen molar-refractivity contribution in [1.29, 1.82) is 5.26 Å². The molecule has 2 aromatic carbocycles. The molecule has 0 bridgehead atoms. The van der Waals surface area contributed by atoms with Crippen LogP contribution in [0.5, 0.6) is 0 Å². The zero-order valence-corrected chi connectivity index (χ0v) is 21.8. The van der Waals surface area contributed by atoms with E-state index in [1.165, 1.54) is 23.1 Å². The summed E-state index contributed by atoms with van der Waals surface area (Å²) in [5, 5.41) is 21.8. The van der Waals surface area contributed by atoms with Crippen molar-refractivity contribution in [3.05, 3.63) is 104 Å². The number of allylic oxidation sites excluding steroid dienone is 2. The van der Waals surface area contributed by atoms with Crippen LogP contribution in [0, 0.1) is 25.2 Å². The zero-order chi connectivity index (χ0) is 25.7. The molecule has 0 radical (unpaired) electrons. The predicted molar refractivity (Wildman–Crippen MR) is 148 cm³/mol. The number of nitrogens with zero attached hydrogens (tertiary/aromatic N) is 1. The number of hydrogen-bond acceptors (Lipinski definition) is 6. The van der Waals surface area contributed by atoms with E-state index in [-0.39, 0.29) is 17.6 Å². The van der Waals surface area contributed by atoms with E-state index in [0.717, 1.165) is 21.7 Å². The molecule has 4 rings (SSSR count). The molecule has 0 unspecified atom stereocenters. The van der Waals surface area contributed by atoms with Crippen molar-refractivity contribution in [2.75, 3.05) is 16.4 Å². The van der Waals surface area contributed by atoms with Gasteiger partial charge in [0.05, 0.1) is 28.3 Å². The molecular weight excluding hydrogens is 488 g/mol. The molecule has 0 saturated heterocycles. The number of thioether (sulfide) groups is 1. The minimum Gasteiger partial charge on any atom is -0.353 e. The number of aryl methyl sites for hydroxylation is 2. The summed E-state index contributed by atoms with van der Waals surface area (Å²) < 4.78 is 0. The van der Waals surface area contributed by atoms with Gasteiger partial charge >= 0.3 is 0 Å². The van der Waals surface area contributed by atoms with E-state index in [2.05, 4.69) is 22.0 Å². The first-order valence-corrected chi connectivity index (χ1v) is 13.3. The summed E-state index contributed by atoms with van der Waals surface area (Å²) >= 11 is 2.75. The van der Waals surface area contributed by atoms with Gasteiger partial charge in [-0.2, -0.15) is 5.26 Å². The minimum absolute atomic E-state index is 0.121. The van der Waals surface area contributed by atoms with Crippen molar-refractivity contribution >= 4 is 46.3 Å². The smallest absolute Gasteiger partial charge is 0.254 e. The number of nitriles is 1. The number of carbonyl (C=O) groups is 2. The second-order valence-electron chi connectivity index (χ2n) is 8.42. The maximum atomic E-state index is 13.4. The molecule has 0 fully saturated rings. The molecule has 1 aliphatic heterocycles. The molecule has 0 aliphatic carbocycles. The summed E-state index contributed by atoms with van der Waals surface area (Å²) in [6.07, 6.45) is 0. The Bertz CT molecular complexity index is 1390. The average molecular weight is 515 g/mol. The first-order valence-electron chi connectivity index (χ1n) is 11.4. The number of thiophene rings is 1. The Morgan fingerprint density at radius 3 is 2.44 bits per heavy atom. The maximum Gasteiger partial charge on any atom is 0.254 e. The number of dihydropyridines is 1. The van der Waals surface area contributed by atoms with E-state index in [4.69, 9.17) is 0 Å². The Labute approximate surface area is 219 Å². The molecule has 36 heavy (non-hydrogen) atoms. The van der Waals surface area contributed by atoms with E-state index < -0.39 is 5.92 Å². The Morgan fingerprint density at radius 1 is 1.00 bits per heavy atom. The van der Waals surface area contributed by atoms with Crippen LogP contribution >= 0.6 is 23.1 Å². The van der Waals surface area contributed by atoms with Crippen LogP contribution in [0.25, 0.3) is 0 Å². The number of carbonyl (C=O) groups excluding carboxylic acids is 2. The van der Waals surface area contributed by atoms with Crippen LogP contribution in [-0.2, 0) is 9.59 Å². The topological polar surface area (TPSA) is 94.0 Å². The van der Waals surface area contributed by atoms with Gasteiger partial charge in [-0.3, -0.25) is 9.59 Å². The molecule has 6 nitrogen and oxygen atoms in total. The van der Waals surface area contributed by atoms with Gasteiger partial charge < -0.3 is 16.0 Å². The lowest BCUT2D eigenvalue weighted by Crippen LogP contribution is -2.30. The van der Waals surface area contributed by atoms with Crippen molar-refractivity contribution in [2.24, 2.45) is 0 Å². The van der Waals surface area contributed by atoms with Crippen LogP contribution in [-0.4, -0.2) is 17.6 Å². The van der Waals surface area contributed by atoms with E-state index in [0.29, 0.717) is 27.6 Å². The summed E-state index contributed by atoms with van der Waals surface area (Å²) in [5.74, 6) is -0.841. The number of rotatable bonds is 7. The Balaban J connectivity index is 1.57. The number of nitrogens with one attached hydrogen (secondary N) is 3. The molecule has 3 N–H and O–H groups in total. The standard InChI is InChI=1S/C28H26N4O2S2/c1-17-11-12-21(14-18(17)2)31-24(33)16-36-28-22(15-29)26(23-10-7-13-35-23)25(19(3)30-28)27(34)32-20-8-5-4-6-9-20/h4-14,26,30H,16H2,1-3H3,(H,31,33)(H,32,34)/t26-/m1/s1. The SMILES string of the molecule is CC1=C(C(=O)Nc2ccccc2)[C@@H](c2cccs2)C(C#N)=C(SCC(=O)Nc2ccc(C)c(C)c2)N1. The fourth-order valence-corrected chi connectivity index (χ4v) is 5.68. The predicted octanol–water partition coefficient (Wildman–Crippen LogP) is 6.07. The quantitative estimate of drug-likeness (QED) is 0.356. The van der Waals surface area contributed by atoms with Crippen LogP contribution in [0.1, 0.15) is 28.8 Å². The van der Waals surface area contributed by atoms with Gasteiger partial charge in [0, 0.05) is 27.5 Å². The molecule has 182 valence electrons. The molecule has 1 aliphatic rings. The second kappa shape index (κ2) is 11.3. The van der Waals surface area contributed by atoms with Gasteiger partial charge in [-0.05, 0) is 67.6 Å². The molecule has 0 saturated carbocycles. The number of hydrogen-bond donors (Lipinski definition) is 3. The zero-order valence-electron chi connectivity index (χ0n) is 20.2. The van der Waals surface area contributed by atoms with Crippen LogP contribution in [0.2, 0.25) is 0 Å². The van der Waals surface area contributed by atoms with Crippen molar-refractivity contribution in [3.8, 4) is 6.07 Å². The van der Waals surface area contributed by atoms with Gasteiger partial charge in [0.1, 0.15) is 0 Å². The largest absolute Gasteiger partial charge is 0.353 e. The number of benzene rings is 2. The van der Waals surface area contributed by atoms with Crippen molar-refractivity contribution in [3.63, 3.8) is 0 Å². The van der Waals surface area contributed by atoms with Gasteiger partial charge in [0.25, 0.3) is 5.91 Å². The molecule has 1 atom stereocenters. The van der Waals surface area contributed by atoms with Gasteiger partial charge in [-0.15, -0.1) is 11.3 Å². The summed E-state index contributed by atoms with van der Waals surface area (Å²) in [4.78, 5) is 26.9. The molecule has 3 aromatic rings. The molecule has 1 aromatic heterocycles. The van der Waals surface area contributed by atoms with Crippen LogP contribution in [0.4, 0.5) is 11.4 Å². The molecule has 8 heteroatoms. The van der Waals surface area contributed by atoms with Crippen LogP contribution in [0.3, 0.4) is 0 Å². The third kappa shape index (κ3) is 5.70. The van der Waals surface area contributed by atoms with E-state index >= 15 is 0 Å². The summed E-state index contributed by atoms with van der Waals surface area (Å²) in [6, 6.07) is 21.2. The lowest BCUT2D eigenvalue weighted by atomic mass is 9.86. The molecular formula is C28H26N4O2S2.